The summed E-state index contributed by atoms with van der Waals surface area (Å²) in [5.74, 6) is 0.334. The van der Waals surface area contributed by atoms with Gasteiger partial charge in [0.1, 0.15) is 5.04 Å². The molecule has 1 aliphatic heterocycles. The van der Waals surface area contributed by atoms with Crippen LogP contribution in [0, 0.1) is 5.41 Å². The van der Waals surface area contributed by atoms with Gasteiger partial charge >= 0.3 is 6.09 Å². The third-order valence-electron chi connectivity index (χ3n) is 5.66. The largest absolute Gasteiger partial charge is 0.434 e. The number of hydrogen-bond donors (Lipinski definition) is 1. The van der Waals surface area contributed by atoms with E-state index in [9.17, 15) is 4.79 Å². The van der Waals surface area contributed by atoms with Crippen molar-refractivity contribution in [1.29, 1.82) is 0 Å². The lowest BCUT2D eigenvalue weighted by molar-refractivity contribution is 0.0164. The first-order chi connectivity index (χ1) is 13.9. The Balaban J connectivity index is 1.98. The van der Waals surface area contributed by atoms with E-state index >= 15 is 0 Å². The number of oxime groups is 1. The third kappa shape index (κ3) is 7.37. The van der Waals surface area contributed by atoms with Gasteiger partial charge < -0.3 is 14.4 Å². The van der Waals surface area contributed by atoms with Gasteiger partial charge in [-0.1, -0.05) is 38.3 Å². The molecule has 2 fully saturated rings. The van der Waals surface area contributed by atoms with Crippen LogP contribution < -0.4 is 5.32 Å². The van der Waals surface area contributed by atoms with Crippen molar-refractivity contribution < 1.29 is 18.7 Å². The number of carbonyl (C=O) groups excluding carboxylic acids is 1. The van der Waals surface area contributed by atoms with Crippen molar-refractivity contribution >= 4 is 53.3 Å². The fraction of sp³-hybridized carbons (Fsp3) is 0.889. The summed E-state index contributed by atoms with van der Waals surface area (Å²) in [6.45, 7) is 4.83. The molecule has 1 saturated carbocycles. The molecule has 1 heterocycles. The number of carbonyl (C=O) groups is 1. The highest BCUT2D eigenvalue weighted by Gasteiger charge is 2.43. The van der Waals surface area contributed by atoms with E-state index < -0.39 is 12.7 Å². The van der Waals surface area contributed by atoms with Crippen molar-refractivity contribution in [2.24, 2.45) is 10.6 Å². The van der Waals surface area contributed by atoms with Gasteiger partial charge in [0.15, 0.2) is 0 Å². The second-order valence-electron chi connectivity index (χ2n) is 7.46. The maximum Gasteiger partial charge on any atom is 0.434 e. The van der Waals surface area contributed by atoms with E-state index in [1.807, 2.05) is 6.26 Å². The molecular weight excluding hydrogens is 449 g/mol. The molecule has 0 aromatic heterocycles. The minimum Gasteiger partial charge on any atom is -0.317 e. The van der Waals surface area contributed by atoms with E-state index in [0.717, 1.165) is 25.7 Å². The molecule has 11 heteroatoms. The summed E-state index contributed by atoms with van der Waals surface area (Å²) in [7, 11) is 0. The molecule has 29 heavy (non-hydrogen) atoms. The minimum atomic E-state index is -2.59. The number of thioether (sulfide) groups is 1. The molecule has 2 rings (SSSR count). The topological polar surface area (TPSA) is 72.4 Å². The van der Waals surface area contributed by atoms with Crippen LogP contribution in [0.2, 0.25) is 0 Å². The zero-order valence-corrected chi connectivity index (χ0v) is 21.2. The van der Waals surface area contributed by atoms with Crippen LogP contribution >= 0.6 is 30.4 Å². The molecule has 0 unspecified atom stereocenters. The Hall–Kier alpha value is 0.170. The van der Waals surface area contributed by atoms with Crippen LogP contribution in [0.5, 0.6) is 0 Å². The fourth-order valence-electron chi connectivity index (χ4n) is 3.30. The number of rotatable bonds is 8. The molecule has 2 aliphatic rings. The average Bonchev–Trinajstić information content (AvgIpc) is 2.76. The molecule has 1 aliphatic carbocycles. The van der Waals surface area contributed by atoms with Gasteiger partial charge in [0, 0.05) is 11.5 Å². The molecule has 0 bridgehead atoms. The van der Waals surface area contributed by atoms with E-state index in [1.165, 1.54) is 43.0 Å². The first-order valence-corrected chi connectivity index (χ1v) is 15.0. The van der Waals surface area contributed by atoms with Gasteiger partial charge in [-0.25, -0.2) is 4.79 Å². The highest BCUT2D eigenvalue weighted by molar-refractivity contribution is 8.15. The van der Waals surface area contributed by atoms with Crippen molar-refractivity contribution in [2.45, 2.75) is 71.8 Å². The quantitative estimate of drug-likeness (QED) is 0.0893. The zero-order valence-electron chi connectivity index (χ0n) is 17.8. The highest BCUT2D eigenvalue weighted by atomic mass is 32.5. The Kier molecular flexibility index (Phi) is 10.8. The molecule has 0 aromatic carbocycles. The second kappa shape index (κ2) is 12.3. The first kappa shape index (κ1) is 25.4. The number of nitrogens with zero attached hydrogens (tertiary/aromatic N) is 2. The van der Waals surface area contributed by atoms with E-state index in [4.69, 9.17) is 25.7 Å². The summed E-state index contributed by atoms with van der Waals surface area (Å²) >= 11 is 8.84. The Morgan fingerprint density at radius 2 is 1.90 bits per heavy atom. The Morgan fingerprint density at radius 1 is 1.28 bits per heavy atom. The van der Waals surface area contributed by atoms with Crippen molar-refractivity contribution in [2.75, 3.05) is 25.3 Å². The summed E-state index contributed by atoms with van der Waals surface area (Å²) in [6.07, 6.45) is 9.10. The molecule has 1 N–H and O–H groups in total. The maximum absolute atomic E-state index is 11.9. The molecule has 0 aromatic rings. The molecule has 7 nitrogen and oxygen atoms in total. The van der Waals surface area contributed by atoms with E-state index in [1.54, 1.807) is 6.92 Å². The lowest BCUT2D eigenvalue weighted by atomic mass is 9.84. The SMILES string of the molecule is CCC1(CC)COP(=S)(N(SCNC(=O)O/N=C(\C)SC)C2CCCCC2)OC1. The summed E-state index contributed by atoms with van der Waals surface area (Å²) in [6, 6.07) is 0.310. The third-order valence-corrected chi connectivity index (χ3v) is 11.3. The normalized spacial score (nSPS) is 22.4. The van der Waals surface area contributed by atoms with Gasteiger partial charge in [0.2, 0.25) is 0 Å². The van der Waals surface area contributed by atoms with Crippen molar-refractivity contribution in [3.8, 4) is 0 Å². The fourth-order valence-corrected chi connectivity index (χ4v) is 8.12. The van der Waals surface area contributed by atoms with E-state index in [0.29, 0.717) is 30.2 Å². The molecule has 1 amide bonds. The Morgan fingerprint density at radius 3 is 2.45 bits per heavy atom. The monoisotopic (exact) mass is 483 g/mol. The lowest BCUT2D eigenvalue weighted by Crippen LogP contribution is -2.40. The predicted molar refractivity (Wildman–Crippen MR) is 127 cm³/mol. The van der Waals surface area contributed by atoms with Crippen molar-refractivity contribution in [1.82, 2.24) is 9.39 Å². The van der Waals surface area contributed by atoms with Gasteiger partial charge in [-0.15, -0.1) is 11.8 Å². The van der Waals surface area contributed by atoms with Crippen LogP contribution in [0.15, 0.2) is 5.16 Å². The molecule has 0 atom stereocenters. The molecule has 0 radical (unpaired) electrons. The van der Waals surface area contributed by atoms with E-state index in [-0.39, 0.29) is 5.41 Å². The predicted octanol–water partition coefficient (Wildman–Crippen LogP) is 5.73. The summed E-state index contributed by atoms with van der Waals surface area (Å²) in [5, 5.41) is 7.17. The Labute approximate surface area is 188 Å². The van der Waals surface area contributed by atoms with Crippen molar-refractivity contribution in [3.63, 3.8) is 0 Å². The van der Waals surface area contributed by atoms with Gasteiger partial charge in [0.05, 0.1) is 19.1 Å². The highest BCUT2D eigenvalue weighted by Crippen LogP contribution is 2.62. The average molecular weight is 484 g/mol. The van der Waals surface area contributed by atoms with Crippen LogP contribution in [-0.2, 0) is 25.7 Å². The van der Waals surface area contributed by atoms with Crippen LogP contribution in [-0.4, -0.2) is 46.6 Å². The number of hydrogen-bond acceptors (Lipinski definition) is 8. The standard InChI is InChI=1S/C18H34N3O4PS3/c1-5-18(6-2)12-23-26(27,24-13-18)21(16-10-8-7-9-11-16)29-14-19-17(22)25-20-15(3)28-4/h16H,5-14H2,1-4H3,(H,19,22)/b20-15+. The second-order valence-corrected chi connectivity index (χ2v) is 12.9. The van der Waals surface area contributed by atoms with Crippen LogP contribution in [0.25, 0.3) is 0 Å². The minimum absolute atomic E-state index is 0.0560. The zero-order chi connectivity index (χ0) is 21.3. The molecule has 168 valence electrons. The Bertz CT molecular complexity index is 599. The van der Waals surface area contributed by atoms with Crippen LogP contribution in [0.4, 0.5) is 4.79 Å². The first-order valence-electron chi connectivity index (χ1n) is 10.2. The van der Waals surface area contributed by atoms with Crippen LogP contribution in [0.3, 0.4) is 0 Å². The number of amides is 1. The molecule has 0 spiro atoms. The smallest absolute Gasteiger partial charge is 0.317 e. The molecular formula is C18H34N3O4PS3. The van der Waals surface area contributed by atoms with Crippen LogP contribution in [0.1, 0.15) is 65.7 Å². The van der Waals surface area contributed by atoms with Gasteiger partial charge in [-0.05, 0) is 62.6 Å². The summed E-state index contributed by atoms with van der Waals surface area (Å²) in [4.78, 5) is 16.7. The molecule has 1 saturated heterocycles. The van der Waals surface area contributed by atoms with Gasteiger partial charge in [0.25, 0.3) is 6.64 Å². The van der Waals surface area contributed by atoms with Gasteiger partial charge in [-0.2, -0.15) is 4.08 Å². The lowest BCUT2D eigenvalue weighted by Gasteiger charge is -2.46. The maximum atomic E-state index is 11.9. The summed E-state index contributed by atoms with van der Waals surface area (Å²) in [5.41, 5.74) is 0.0560. The van der Waals surface area contributed by atoms with Gasteiger partial charge in [-0.3, -0.25) is 4.84 Å². The van der Waals surface area contributed by atoms with Crippen molar-refractivity contribution in [3.05, 3.63) is 0 Å². The summed E-state index contributed by atoms with van der Waals surface area (Å²) < 4.78 is 14.7. The van der Waals surface area contributed by atoms with E-state index in [2.05, 4.69) is 28.4 Å². The number of nitrogens with one attached hydrogen (secondary N) is 1.